The van der Waals surface area contributed by atoms with Crippen LogP contribution in [0.2, 0.25) is 18.1 Å². The van der Waals surface area contributed by atoms with E-state index < -0.39 is 8.32 Å². The molecule has 3 nitrogen and oxygen atoms in total. The topological polar surface area (TPSA) is 27.7 Å². The zero-order valence-corrected chi connectivity index (χ0v) is 28.5. The van der Waals surface area contributed by atoms with E-state index in [9.17, 15) is 0 Å². The van der Waals surface area contributed by atoms with Gasteiger partial charge in [0.05, 0.1) is 5.60 Å². The molecule has 0 saturated heterocycles. The van der Waals surface area contributed by atoms with Crippen molar-refractivity contribution in [3.05, 3.63) is 23.8 Å². The zero-order valence-electron chi connectivity index (χ0n) is 27.5. The normalized spacial score (nSPS) is 38.2. The summed E-state index contributed by atoms with van der Waals surface area (Å²) in [6.07, 6.45) is 19.7. The molecule has 0 unspecified atom stereocenters. The summed E-state index contributed by atoms with van der Waals surface area (Å²) in [5.74, 6) is 4.05. The molecule has 0 bridgehead atoms. The summed E-state index contributed by atoms with van der Waals surface area (Å²) in [5.41, 5.74) is 2.46. The van der Waals surface area contributed by atoms with Crippen molar-refractivity contribution in [2.45, 2.75) is 143 Å². The van der Waals surface area contributed by atoms with Crippen molar-refractivity contribution in [3.63, 3.8) is 0 Å². The highest BCUT2D eigenvalue weighted by Gasteiger charge is 2.59. The Hall–Kier alpha value is -0.423. The third kappa shape index (κ3) is 6.20. The molecule has 4 heteroatoms. The molecule has 8 atom stereocenters. The first-order valence-corrected chi connectivity index (χ1v) is 19.1. The molecule has 0 aromatic carbocycles. The minimum absolute atomic E-state index is 0.178. The van der Waals surface area contributed by atoms with Crippen molar-refractivity contribution in [3.8, 4) is 0 Å². The smallest absolute Gasteiger partial charge is 0.192 e. The van der Waals surface area contributed by atoms with Crippen LogP contribution in [-0.4, -0.2) is 33.9 Å². The van der Waals surface area contributed by atoms with Gasteiger partial charge in [-0.15, -0.1) is 0 Å². The van der Waals surface area contributed by atoms with Crippen LogP contribution >= 0.6 is 0 Å². The number of methoxy groups -OCH3 is 1. The number of fused-ring (bicyclic) bond motifs is 5. The van der Waals surface area contributed by atoms with Gasteiger partial charge >= 0.3 is 0 Å². The van der Waals surface area contributed by atoms with Crippen LogP contribution in [0.15, 0.2) is 23.8 Å². The van der Waals surface area contributed by atoms with Crippen LogP contribution in [0.5, 0.6) is 0 Å². The van der Waals surface area contributed by atoms with Crippen LogP contribution in [0.3, 0.4) is 0 Å². The van der Waals surface area contributed by atoms with Crippen LogP contribution in [0.1, 0.15) is 113 Å². The lowest BCUT2D eigenvalue weighted by Crippen LogP contribution is -2.52. The number of rotatable bonds is 9. The van der Waals surface area contributed by atoms with Gasteiger partial charge in [0.1, 0.15) is 6.79 Å². The average molecular weight is 559 g/mol. The SMILES string of the molecule is COCOC(C)(C)C/C=C/[C@@H](C)[C@H]1CC[C@H]2[C@@H]3CC=C4C[C@@H](O[Si](C)(C)C(C)(C)C)CC[C@]4(C)[C@H]3CC[C@]12C. The van der Waals surface area contributed by atoms with E-state index in [2.05, 4.69) is 86.7 Å². The van der Waals surface area contributed by atoms with E-state index in [0.29, 0.717) is 29.6 Å². The zero-order chi connectivity index (χ0) is 28.9. The van der Waals surface area contributed by atoms with Crippen LogP contribution in [0.25, 0.3) is 0 Å². The van der Waals surface area contributed by atoms with Crippen LogP contribution in [0.4, 0.5) is 0 Å². The molecule has 3 saturated carbocycles. The Morgan fingerprint density at radius 2 is 1.74 bits per heavy atom. The maximum Gasteiger partial charge on any atom is 0.192 e. The summed E-state index contributed by atoms with van der Waals surface area (Å²) in [6.45, 7) is 24.5. The Morgan fingerprint density at radius 3 is 2.41 bits per heavy atom. The molecule has 0 aromatic heterocycles. The second-order valence-corrected chi connectivity index (χ2v) is 21.3. The minimum atomic E-state index is -1.73. The fraction of sp³-hybridized carbons (Fsp3) is 0.886. The molecule has 0 radical (unpaired) electrons. The first kappa shape index (κ1) is 31.5. The molecular weight excluding hydrogens is 496 g/mol. The molecule has 224 valence electrons. The second kappa shape index (κ2) is 11.3. The molecule has 4 aliphatic carbocycles. The van der Waals surface area contributed by atoms with Gasteiger partial charge < -0.3 is 13.9 Å². The van der Waals surface area contributed by atoms with Gasteiger partial charge in [-0.1, -0.05) is 65.3 Å². The summed E-state index contributed by atoms with van der Waals surface area (Å²) in [5, 5.41) is 0.285. The average Bonchev–Trinajstić information content (AvgIpc) is 3.19. The second-order valence-electron chi connectivity index (χ2n) is 16.5. The number of allylic oxidation sites excluding steroid dienone is 2. The minimum Gasteiger partial charge on any atom is -0.414 e. The quantitative estimate of drug-likeness (QED) is 0.160. The van der Waals surface area contributed by atoms with Crippen molar-refractivity contribution in [1.82, 2.24) is 0 Å². The van der Waals surface area contributed by atoms with Crippen molar-refractivity contribution in [1.29, 1.82) is 0 Å². The first-order valence-electron chi connectivity index (χ1n) is 16.2. The summed E-state index contributed by atoms with van der Waals surface area (Å²) in [4.78, 5) is 0. The van der Waals surface area contributed by atoms with Crippen LogP contribution < -0.4 is 0 Å². The van der Waals surface area contributed by atoms with Crippen LogP contribution in [-0.2, 0) is 13.9 Å². The van der Waals surface area contributed by atoms with Gasteiger partial charge in [-0.3, -0.25) is 0 Å². The Balaban J connectivity index is 1.43. The van der Waals surface area contributed by atoms with E-state index in [-0.39, 0.29) is 10.6 Å². The monoisotopic (exact) mass is 558 g/mol. The molecule has 39 heavy (non-hydrogen) atoms. The van der Waals surface area contributed by atoms with E-state index in [0.717, 1.165) is 30.1 Å². The summed E-state index contributed by atoms with van der Waals surface area (Å²) < 4.78 is 17.9. The highest BCUT2D eigenvalue weighted by molar-refractivity contribution is 6.74. The molecule has 4 aliphatic rings. The van der Waals surface area contributed by atoms with E-state index in [1.807, 2.05) is 0 Å². The van der Waals surface area contributed by atoms with Gasteiger partial charge in [0.25, 0.3) is 0 Å². The fourth-order valence-corrected chi connectivity index (χ4v) is 10.6. The molecule has 0 aromatic rings. The molecule has 0 spiro atoms. The lowest BCUT2D eigenvalue weighted by atomic mass is 9.47. The van der Waals surface area contributed by atoms with E-state index in [1.165, 1.54) is 51.4 Å². The Morgan fingerprint density at radius 1 is 1.03 bits per heavy atom. The van der Waals surface area contributed by atoms with Gasteiger partial charge in [-0.05, 0) is 130 Å². The maximum atomic E-state index is 6.95. The largest absolute Gasteiger partial charge is 0.414 e. The lowest BCUT2D eigenvalue weighted by molar-refractivity contribution is -0.112. The standard InChI is InChI=1S/C35H62O3Si/c1-25(13-12-20-33(5,6)37-24-36-9)29-16-17-30-28-15-14-26-23-27(38-39(10,11)32(2,3)4)18-21-34(26,7)31(28)19-22-35(29,30)8/h12-14,25,27-31H,15-24H2,1-11H3/b13-12+/t25-,27+,28+,29-,30+,31+,34+,35-/m1/s1. The third-order valence-corrected chi connectivity index (χ3v) is 17.2. The maximum absolute atomic E-state index is 6.95. The predicted molar refractivity (Wildman–Crippen MR) is 167 cm³/mol. The molecule has 3 fully saturated rings. The molecule has 4 rings (SSSR count). The molecular formula is C35H62O3Si. The fourth-order valence-electron chi connectivity index (χ4n) is 9.20. The molecule has 0 heterocycles. The van der Waals surface area contributed by atoms with Crippen molar-refractivity contribution < 1.29 is 13.9 Å². The van der Waals surface area contributed by atoms with Gasteiger partial charge in [0, 0.05) is 13.2 Å². The van der Waals surface area contributed by atoms with E-state index in [4.69, 9.17) is 13.9 Å². The molecule has 0 N–H and O–H groups in total. The predicted octanol–water partition coefficient (Wildman–Crippen LogP) is 9.94. The number of hydrogen-bond acceptors (Lipinski definition) is 3. The van der Waals surface area contributed by atoms with Crippen molar-refractivity contribution in [2.24, 2.45) is 40.4 Å². The molecule has 0 amide bonds. The highest BCUT2D eigenvalue weighted by Crippen LogP contribution is 2.67. The third-order valence-electron chi connectivity index (χ3n) is 12.7. The lowest BCUT2D eigenvalue weighted by Gasteiger charge is -2.59. The van der Waals surface area contributed by atoms with Gasteiger partial charge in [-0.25, -0.2) is 0 Å². The van der Waals surface area contributed by atoms with Gasteiger partial charge in [0.15, 0.2) is 8.32 Å². The van der Waals surface area contributed by atoms with Gasteiger partial charge in [0.2, 0.25) is 0 Å². The van der Waals surface area contributed by atoms with Crippen molar-refractivity contribution >= 4 is 8.32 Å². The van der Waals surface area contributed by atoms with E-state index >= 15 is 0 Å². The van der Waals surface area contributed by atoms with E-state index in [1.54, 1.807) is 12.7 Å². The highest BCUT2D eigenvalue weighted by atomic mass is 28.4. The Kier molecular flexibility index (Phi) is 9.16. The molecule has 0 aliphatic heterocycles. The first-order chi connectivity index (χ1) is 18.0. The Bertz CT molecular complexity index is 913. The van der Waals surface area contributed by atoms with Crippen LogP contribution in [0, 0.1) is 40.4 Å². The van der Waals surface area contributed by atoms with Gasteiger partial charge in [-0.2, -0.15) is 0 Å². The summed E-state index contributed by atoms with van der Waals surface area (Å²) in [6, 6.07) is 0. The summed E-state index contributed by atoms with van der Waals surface area (Å²) >= 11 is 0. The Labute approximate surface area is 243 Å². The summed E-state index contributed by atoms with van der Waals surface area (Å²) in [7, 11) is -0.0324. The van der Waals surface area contributed by atoms with Crippen molar-refractivity contribution in [2.75, 3.05) is 13.9 Å². The number of ether oxygens (including phenoxy) is 2. The number of hydrogen-bond donors (Lipinski definition) is 0.